The number of rotatable bonds is 30. The first-order chi connectivity index (χ1) is 40.3. The topological polar surface area (TPSA) is 97.4 Å². The molecule has 2 saturated carbocycles. The minimum Gasteiger partial charge on any atom is -0.494 e. The van der Waals surface area contributed by atoms with Gasteiger partial charge in [-0.2, -0.15) is 0 Å². The zero-order valence-corrected chi connectivity index (χ0v) is 52.7. The molecule has 0 radical (unpaired) electrons. The van der Waals surface area contributed by atoms with Crippen LogP contribution in [0.2, 0.25) is 0 Å². The minimum atomic E-state index is -0.458. The van der Waals surface area contributed by atoms with Crippen LogP contribution < -0.4 is 18.9 Å². The molecule has 0 bridgehead atoms. The third-order valence-corrected chi connectivity index (χ3v) is 16.9. The Hall–Kier alpha value is -5.89. The number of ether oxygens (including phenoxy) is 5. The fourth-order valence-corrected chi connectivity index (χ4v) is 11.6. The third kappa shape index (κ3) is 25.9. The van der Waals surface area contributed by atoms with Crippen molar-refractivity contribution >= 4 is 17.9 Å². The van der Waals surface area contributed by atoms with Crippen LogP contribution in [-0.4, -0.2) is 36.7 Å². The van der Waals surface area contributed by atoms with Crippen molar-refractivity contribution in [2.45, 2.75) is 241 Å². The molecule has 2 aliphatic rings. The van der Waals surface area contributed by atoms with Crippen LogP contribution >= 0.6 is 0 Å². The summed E-state index contributed by atoms with van der Waals surface area (Å²) in [6.07, 6.45) is 32.1. The fraction of sp³-hybridized carbons (Fsp3) is 0.560. The van der Waals surface area contributed by atoms with Crippen LogP contribution in [0.15, 0.2) is 121 Å². The van der Waals surface area contributed by atoms with Gasteiger partial charge in [0, 0.05) is 0 Å². The van der Waals surface area contributed by atoms with Gasteiger partial charge in [0.05, 0.1) is 35.5 Å². The molecule has 2 fully saturated rings. The predicted molar refractivity (Wildman–Crippen MR) is 343 cm³/mol. The summed E-state index contributed by atoms with van der Waals surface area (Å²) in [6.45, 7) is 20.1. The van der Waals surface area contributed by atoms with E-state index in [2.05, 4.69) is 65.8 Å². The second kappa shape index (κ2) is 38.9. The Labute approximate surface area is 502 Å². The van der Waals surface area contributed by atoms with Gasteiger partial charge >= 0.3 is 17.9 Å². The lowest BCUT2D eigenvalue weighted by Gasteiger charge is -2.38. The molecule has 8 heteroatoms. The van der Waals surface area contributed by atoms with Gasteiger partial charge in [0.1, 0.15) is 23.0 Å². The zero-order chi connectivity index (χ0) is 59.6. The standard InChI is InChI=1S/C28H38O5.C26H42.C21H26O3/c1-4-6-8-10-12-22(3)32-27(29)23-15-19-26(20-16-23)33-28(30)24-13-17-25(18-14-24)31-21-11-9-7-5-2;1-4-6-21-7-11-23(12-8-21)25-15-17-26(18-16-25)24-13-9-22(10-14-24)19-20(3)5-2;1-4-5-6-7-17-8-12-20(13-9-17)24-21(22)18-10-14-19(15-11-18)23-16(2)3/h13-20,22H,4-12,21H2,1-3H3;9-10,13-14,20-21,23,25-26H,4-8,11-12,15-19H2,1-3H3;8-16H,4-7H2,1-3H3. The van der Waals surface area contributed by atoms with Crippen LogP contribution in [0, 0.1) is 23.7 Å². The highest BCUT2D eigenvalue weighted by Crippen LogP contribution is 2.44. The summed E-state index contributed by atoms with van der Waals surface area (Å²) in [7, 11) is 0. The maximum atomic E-state index is 12.4. The van der Waals surface area contributed by atoms with Gasteiger partial charge in [-0.15, -0.1) is 0 Å². The van der Waals surface area contributed by atoms with Gasteiger partial charge < -0.3 is 23.7 Å². The molecule has 2 atom stereocenters. The first kappa shape index (κ1) is 67.9. The fourth-order valence-electron chi connectivity index (χ4n) is 11.6. The van der Waals surface area contributed by atoms with Crippen molar-refractivity contribution in [1.29, 1.82) is 0 Å². The molecule has 0 amide bonds. The molecule has 454 valence electrons. The Morgan fingerprint density at radius 1 is 0.458 bits per heavy atom. The van der Waals surface area contributed by atoms with Crippen molar-refractivity contribution < 1.29 is 38.1 Å². The maximum absolute atomic E-state index is 12.4. The lowest BCUT2D eigenvalue weighted by atomic mass is 9.68. The Bertz CT molecular complexity index is 2520. The summed E-state index contributed by atoms with van der Waals surface area (Å²) < 4.78 is 27.6. The Balaban J connectivity index is 0.000000231. The lowest BCUT2D eigenvalue weighted by Crippen LogP contribution is -2.25. The normalized spacial score (nSPS) is 17.4. The van der Waals surface area contributed by atoms with E-state index in [1.54, 1.807) is 78.4 Å². The number of hydrogen-bond donors (Lipinski definition) is 0. The monoisotopic (exact) mass is 1130 g/mol. The molecular weight excluding hydrogens is 1030 g/mol. The Morgan fingerprint density at radius 2 is 0.928 bits per heavy atom. The first-order valence-electron chi connectivity index (χ1n) is 32.7. The van der Waals surface area contributed by atoms with Gasteiger partial charge in [-0.3, -0.25) is 0 Å². The Kier molecular flexibility index (Phi) is 31.8. The molecule has 0 spiro atoms. The second-order valence-corrected chi connectivity index (χ2v) is 24.2. The van der Waals surface area contributed by atoms with E-state index >= 15 is 0 Å². The molecule has 2 unspecified atom stereocenters. The number of carbonyl (C=O) groups is 3. The van der Waals surface area contributed by atoms with Gasteiger partial charge in [-0.25, -0.2) is 14.4 Å². The molecule has 7 rings (SSSR count). The summed E-state index contributed by atoms with van der Waals surface area (Å²) in [5.74, 6) is 6.06. The van der Waals surface area contributed by atoms with Crippen LogP contribution in [0.4, 0.5) is 0 Å². The summed E-state index contributed by atoms with van der Waals surface area (Å²) in [6, 6.07) is 37.9. The summed E-state index contributed by atoms with van der Waals surface area (Å²) in [4.78, 5) is 36.9. The molecule has 5 aromatic rings. The highest BCUT2D eigenvalue weighted by atomic mass is 16.5. The van der Waals surface area contributed by atoms with Crippen LogP contribution in [0.1, 0.15) is 264 Å². The minimum absolute atomic E-state index is 0.110. The van der Waals surface area contributed by atoms with Crippen molar-refractivity contribution in [3.8, 4) is 23.0 Å². The van der Waals surface area contributed by atoms with Crippen LogP contribution in [0.5, 0.6) is 23.0 Å². The van der Waals surface area contributed by atoms with E-state index in [1.165, 1.54) is 133 Å². The van der Waals surface area contributed by atoms with E-state index in [9.17, 15) is 14.4 Å². The van der Waals surface area contributed by atoms with Crippen molar-refractivity contribution in [2.75, 3.05) is 6.61 Å². The Morgan fingerprint density at radius 3 is 1.45 bits per heavy atom. The van der Waals surface area contributed by atoms with Gasteiger partial charge in [0.25, 0.3) is 0 Å². The largest absolute Gasteiger partial charge is 0.494 e. The van der Waals surface area contributed by atoms with Gasteiger partial charge in [0.15, 0.2) is 0 Å². The predicted octanol–water partition coefficient (Wildman–Crippen LogP) is 21.0. The highest BCUT2D eigenvalue weighted by molar-refractivity contribution is 5.92. The van der Waals surface area contributed by atoms with Crippen molar-refractivity contribution in [3.63, 3.8) is 0 Å². The van der Waals surface area contributed by atoms with Crippen LogP contribution in [0.3, 0.4) is 0 Å². The molecule has 2 aliphatic carbocycles. The number of carbonyl (C=O) groups excluding carboxylic acids is 3. The molecular formula is C75H106O8. The van der Waals surface area contributed by atoms with Crippen LogP contribution in [-0.2, 0) is 17.6 Å². The number of hydrogen-bond acceptors (Lipinski definition) is 8. The molecule has 0 saturated heterocycles. The van der Waals surface area contributed by atoms with Gasteiger partial charge in [-0.1, -0.05) is 161 Å². The zero-order valence-electron chi connectivity index (χ0n) is 52.7. The summed E-state index contributed by atoms with van der Waals surface area (Å²) >= 11 is 0. The van der Waals surface area contributed by atoms with E-state index in [0.29, 0.717) is 34.8 Å². The van der Waals surface area contributed by atoms with Crippen LogP contribution in [0.25, 0.3) is 0 Å². The SMILES string of the molecule is CCCC1CCC(C2CCC(c3ccc(CC(C)CC)cc3)CC2)CC1.CCCCCCOc1ccc(C(=O)Oc2ccc(C(=O)OC(C)CCCCCC)cc2)cc1.CCCCCc1ccc(OC(=O)c2ccc(OC(C)C)cc2)cc1. The molecule has 0 aromatic heterocycles. The molecule has 0 aliphatic heterocycles. The van der Waals surface area contributed by atoms with E-state index in [4.69, 9.17) is 23.7 Å². The number of aryl methyl sites for hydroxylation is 1. The number of benzene rings is 5. The summed E-state index contributed by atoms with van der Waals surface area (Å²) in [5.41, 5.74) is 5.81. The average molecular weight is 1140 g/mol. The van der Waals surface area contributed by atoms with Crippen molar-refractivity contribution in [1.82, 2.24) is 0 Å². The van der Waals surface area contributed by atoms with Crippen molar-refractivity contribution in [2.24, 2.45) is 23.7 Å². The molecule has 0 N–H and O–H groups in total. The van der Waals surface area contributed by atoms with E-state index < -0.39 is 5.97 Å². The van der Waals surface area contributed by atoms with E-state index in [0.717, 1.165) is 79.6 Å². The second-order valence-electron chi connectivity index (χ2n) is 24.2. The molecule has 83 heavy (non-hydrogen) atoms. The number of esters is 3. The first-order valence-corrected chi connectivity index (χ1v) is 32.7. The molecule has 0 heterocycles. The quantitative estimate of drug-likeness (QED) is 0.0255. The van der Waals surface area contributed by atoms with Gasteiger partial charge in [-0.05, 0) is 229 Å². The number of unbranched alkanes of at least 4 members (excludes halogenated alkanes) is 8. The average Bonchev–Trinajstić information content (AvgIpc) is 3.55. The van der Waals surface area contributed by atoms with E-state index in [1.807, 2.05) is 45.0 Å². The third-order valence-electron chi connectivity index (χ3n) is 16.9. The highest BCUT2D eigenvalue weighted by Gasteiger charge is 2.31. The van der Waals surface area contributed by atoms with Crippen molar-refractivity contribution in [3.05, 3.63) is 155 Å². The van der Waals surface area contributed by atoms with Gasteiger partial charge in [0.2, 0.25) is 0 Å². The summed E-state index contributed by atoms with van der Waals surface area (Å²) in [5, 5.41) is 0. The maximum Gasteiger partial charge on any atom is 0.343 e. The smallest absolute Gasteiger partial charge is 0.343 e. The lowest BCUT2D eigenvalue weighted by molar-refractivity contribution is 0.0319. The molecule has 8 nitrogen and oxygen atoms in total. The van der Waals surface area contributed by atoms with E-state index in [-0.39, 0.29) is 24.1 Å². The molecule has 5 aromatic carbocycles.